The average Bonchev–Trinajstić information content (AvgIpc) is 2.86. The van der Waals surface area contributed by atoms with Crippen LogP contribution in [0.15, 0.2) is 12.2 Å². The molecule has 3 N–H and O–H groups in total. The maximum Gasteiger partial charge on any atom is 0.155 e. The second-order valence-electron chi connectivity index (χ2n) is 9.61. The summed E-state index contributed by atoms with van der Waals surface area (Å²) in [6.45, 7) is 3.56. The van der Waals surface area contributed by atoms with Gasteiger partial charge in [-0.1, -0.05) is 19.9 Å². The van der Waals surface area contributed by atoms with E-state index in [9.17, 15) is 24.9 Å². The molecule has 4 aliphatic carbocycles. The standard InChI is InChI=1S/C21H30O5/c1-19-7-5-13(23)9-12(19)3-4-14-15-6-8-21(26,17(25)11-22)20(15,2)10-16(24)18(14)19/h5,7,12,14-15,17-18,22,25-26H,3-4,6,8-11H2,1-2H3/t12-,14-,15-,17?,18+,19-,20-,21-/m0/s1. The number of aliphatic hydroxyl groups is 3. The fraction of sp³-hybridized carbons (Fsp3) is 0.810. The molecular weight excluding hydrogens is 332 g/mol. The molecule has 5 heteroatoms. The van der Waals surface area contributed by atoms with Gasteiger partial charge in [-0.05, 0) is 54.9 Å². The fourth-order valence-corrected chi connectivity index (χ4v) is 7.19. The summed E-state index contributed by atoms with van der Waals surface area (Å²) in [4.78, 5) is 25.2. The highest BCUT2D eigenvalue weighted by Crippen LogP contribution is 2.66. The zero-order chi connectivity index (χ0) is 18.9. The van der Waals surface area contributed by atoms with Crippen LogP contribution in [0.5, 0.6) is 0 Å². The SMILES string of the molecule is C[C@]12C=CC(=O)C[C@@H]1CC[C@@H]1[C@@H]2C(=O)C[C@@]2(C)[C@H]1CC[C@]2(O)C(O)CO. The van der Waals surface area contributed by atoms with Gasteiger partial charge in [0.1, 0.15) is 11.9 Å². The third kappa shape index (κ3) is 2.14. The molecule has 3 fully saturated rings. The van der Waals surface area contributed by atoms with Crippen LogP contribution in [-0.2, 0) is 9.59 Å². The molecule has 1 unspecified atom stereocenters. The smallest absolute Gasteiger partial charge is 0.155 e. The summed E-state index contributed by atoms with van der Waals surface area (Å²) >= 11 is 0. The molecule has 0 aromatic carbocycles. The number of Topliss-reactive ketones (excluding diaryl/α,β-unsaturated/α-hetero) is 1. The van der Waals surface area contributed by atoms with E-state index in [0.29, 0.717) is 12.8 Å². The Kier molecular flexibility index (Phi) is 4.04. The van der Waals surface area contributed by atoms with Gasteiger partial charge >= 0.3 is 0 Å². The van der Waals surface area contributed by atoms with Crippen molar-refractivity contribution in [3.8, 4) is 0 Å². The molecule has 0 heterocycles. The van der Waals surface area contributed by atoms with Crippen LogP contribution < -0.4 is 0 Å². The predicted octanol–water partition coefficient (Wildman–Crippen LogP) is 1.64. The number of hydrogen-bond donors (Lipinski definition) is 3. The van der Waals surface area contributed by atoms with Gasteiger partial charge in [-0.15, -0.1) is 0 Å². The summed E-state index contributed by atoms with van der Waals surface area (Å²) in [5.41, 5.74) is -2.40. The topological polar surface area (TPSA) is 94.8 Å². The number of ketones is 2. The van der Waals surface area contributed by atoms with Crippen molar-refractivity contribution in [3.63, 3.8) is 0 Å². The molecular formula is C21H30O5. The van der Waals surface area contributed by atoms with Crippen LogP contribution in [-0.4, -0.2) is 45.2 Å². The lowest BCUT2D eigenvalue weighted by molar-refractivity contribution is -0.190. The van der Waals surface area contributed by atoms with Gasteiger partial charge in [0.25, 0.3) is 0 Å². The molecule has 0 amide bonds. The zero-order valence-corrected chi connectivity index (χ0v) is 15.6. The molecule has 5 nitrogen and oxygen atoms in total. The molecule has 0 radical (unpaired) electrons. The minimum absolute atomic E-state index is 0.114. The predicted molar refractivity (Wildman–Crippen MR) is 95.1 cm³/mol. The van der Waals surface area contributed by atoms with E-state index in [0.717, 1.165) is 19.3 Å². The van der Waals surface area contributed by atoms with E-state index >= 15 is 0 Å². The van der Waals surface area contributed by atoms with E-state index in [1.165, 1.54) is 0 Å². The second kappa shape index (κ2) is 5.73. The quantitative estimate of drug-likeness (QED) is 0.694. The highest BCUT2D eigenvalue weighted by Gasteiger charge is 2.68. The van der Waals surface area contributed by atoms with Crippen molar-refractivity contribution in [1.29, 1.82) is 0 Å². The van der Waals surface area contributed by atoms with Crippen LogP contribution in [0.4, 0.5) is 0 Å². The molecule has 0 bridgehead atoms. The number of carbonyl (C=O) groups excluding carboxylic acids is 2. The van der Waals surface area contributed by atoms with Gasteiger partial charge in [-0.25, -0.2) is 0 Å². The lowest BCUT2D eigenvalue weighted by atomic mass is 9.45. The molecule has 26 heavy (non-hydrogen) atoms. The van der Waals surface area contributed by atoms with Crippen molar-refractivity contribution in [2.24, 2.45) is 34.5 Å². The maximum absolute atomic E-state index is 13.3. The third-order valence-electron chi connectivity index (χ3n) is 8.68. The first-order valence-corrected chi connectivity index (χ1v) is 9.93. The van der Waals surface area contributed by atoms with E-state index in [-0.39, 0.29) is 47.1 Å². The summed E-state index contributed by atoms with van der Waals surface area (Å²) in [6, 6.07) is 0. The van der Waals surface area contributed by atoms with Crippen molar-refractivity contribution < 1.29 is 24.9 Å². The molecule has 0 aliphatic heterocycles. The van der Waals surface area contributed by atoms with Crippen LogP contribution in [0, 0.1) is 34.5 Å². The highest BCUT2D eigenvalue weighted by atomic mass is 16.4. The second-order valence-corrected chi connectivity index (χ2v) is 9.61. The molecule has 3 saturated carbocycles. The molecule has 0 aromatic heterocycles. The maximum atomic E-state index is 13.3. The van der Waals surface area contributed by atoms with Crippen LogP contribution in [0.25, 0.3) is 0 Å². The van der Waals surface area contributed by atoms with Crippen LogP contribution in [0.3, 0.4) is 0 Å². The van der Waals surface area contributed by atoms with Gasteiger partial charge in [-0.3, -0.25) is 9.59 Å². The van der Waals surface area contributed by atoms with E-state index in [1.54, 1.807) is 6.08 Å². The fourth-order valence-electron chi connectivity index (χ4n) is 7.19. The molecule has 4 aliphatic rings. The van der Waals surface area contributed by atoms with Gasteiger partial charge in [-0.2, -0.15) is 0 Å². The Morgan fingerprint density at radius 3 is 2.65 bits per heavy atom. The number of hydrogen-bond acceptors (Lipinski definition) is 5. The molecule has 4 rings (SSSR count). The van der Waals surface area contributed by atoms with E-state index < -0.39 is 23.7 Å². The van der Waals surface area contributed by atoms with E-state index in [4.69, 9.17) is 0 Å². The Balaban J connectivity index is 1.73. The summed E-state index contributed by atoms with van der Waals surface area (Å²) in [5.74, 6) is 0.724. The Hall–Kier alpha value is -1.04. The van der Waals surface area contributed by atoms with Gasteiger partial charge in [0, 0.05) is 24.2 Å². The lowest BCUT2D eigenvalue weighted by Gasteiger charge is -2.59. The Morgan fingerprint density at radius 2 is 1.96 bits per heavy atom. The summed E-state index contributed by atoms with van der Waals surface area (Å²) in [5, 5.41) is 31.0. The minimum atomic E-state index is -1.41. The number of rotatable bonds is 2. The lowest BCUT2D eigenvalue weighted by Crippen LogP contribution is -2.62. The first kappa shape index (κ1) is 18.3. The summed E-state index contributed by atoms with van der Waals surface area (Å²) in [6.07, 6.45) is 6.17. The third-order valence-corrected chi connectivity index (χ3v) is 8.68. The van der Waals surface area contributed by atoms with E-state index in [2.05, 4.69) is 6.92 Å². The minimum Gasteiger partial charge on any atom is -0.394 e. The highest BCUT2D eigenvalue weighted by molar-refractivity contribution is 5.92. The monoisotopic (exact) mass is 362 g/mol. The largest absolute Gasteiger partial charge is 0.394 e. The average molecular weight is 362 g/mol. The van der Waals surface area contributed by atoms with Crippen LogP contribution >= 0.6 is 0 Å². The number of allylic oxidation sites excluding steroid dienone is 2. The molecule has 0 aromatic rings. The number of fused-ring (bicyclic) bond motifs is 5. The van der Waals surface area contributed by atoms with Crippen LogP contribution in [0.1, 0.15) is 52.4 Å². The zero-order valence-electron chi connectivity index (χ0n) is 15.6. The molecule has 8 atom stereocenters. The molecule has 144 valence electrons. The van der Waals surface area contributed by atoms with Crippen molar-refractivity contribution in [2.45, 2.75) is 64.1 Å². The van der Waals surface area contributed by atoms with Crippen molar-refractivity contribution in [2.75, 3.05) is 6.61 Å². The van der Waals surface area contributed by atoms with Gasteiger partial charge in [0.2, 0.25) is 0 Å². The van der Waals surface area contributed by atoms with Gasteiger partial charge in [0.15, 0.2) is 5.78 Å². The Morgan fingerprint density at radius 1 is 1.23 bits per heavy atom. The Bertz CT molecular complexity index is 671. The molecule has 0 saturated heterocycles. The van der Waals surface area contributed by atoms with Gasteiger partial charge < -0.3 is 15.3 Å². The summed E-state index contributed by atoms with van der Waals surface area (Å²) in [7, 11) is 0. The molecule has 0 spiro atoms. The van der Waals surface area contributed by atoms with Gasteiger partial charge in [0.05, 0.1) is 12.2 Å². The van der Waals surface area contributed by atoms with Crippen LogP contribution in [0.2, 0.25) is 0 Å². The first-order chi connectivity index (χ1) is 12.2. The van der Waals surface area contributed by atoms with Crippen molar-refractivity contribution in [3.05, 3.63) is 12.2 Å². The first-order valence-electron chi connectivity index (χ1n) is 9.93. The number of carbonyl (C=O) groups is 2. The normalized spacial score (nSPS) is 51.6. The Labute approximate surface area is 154 Å². The van der Waals surface area contributed by atoms with Crippen molar-refractivity contribution >= 4 is 11.6 Å². The summed E-state index contributed by atoms with van der Waals surface area (Å²) < 4.78 is 0. The number of aliphatic hydroxyl groups excluding tert-OH is 2. The van der Waals surface area contributed by atoms with Crippen molar-refractivity contribution in [1.82, 2.24) is 0 Å². The van der Waals surface area contributed by atoms with E-state index in [1.807, 2.05) is 13.0 Å².